The maximum Gasteiger partial charge on any atom is 0.269 e. The summed E-state index contributed by atoms with van der Waals surface area (Å²) in [5.41, 5.74) is 2.83. The minimum atomic E-state index is -3.91. The highest BCUT2D eigenvalue weighted by molar-refractivity contribution is 7.89. The summed E-state index contributed by atoms with van der Waals surface area (Å²) in [6.07, 6.45) is 0. The van der Waals surface area contributed by atoms with Crippen LogP contribution < -0.4 is 9.46 Å². The molecule has 0 amide bonds. The highest BCUT2D eigenvalue weighted by atomic mass is 32.2. The van der Waals surface area contributed by atoms with Gasteiger partial charge in [-0.05, 0) is 30.7 Å². The van der Waals surface area contributed by atoms with Gasteiger partial charge in [0.1, 0.15) is 12.4 Å². The van der Waals surface area contributed by atoms with E-state index in [-0.39, 0.29) is 23.1 Å². The standard InChI is InChI=1S/C22H20N2O5S/c1-15-6-8-16(9-7-15)22-19-4-2-3-5-21(19)29-14-20(22)23-30(27,28)18-12-10-17(11-13-18)24(25)26/h2-13,20,22-23H,14H2,1H3/t20-,22-/m1/s1. The summed E-state index contributed by atoms with van der Waals surface area (Å²) in [4.78, 5) is 10.2. The molecule has 3 aromatic rings. The molecular formula is C22H20N2O5S. The number of sulfonamides is 1. The van der Waals surface area contributed by atoms with E-state index in [4.69, 9.17) is 4.74 Å². The van der Waals surface area contributed by atoms with Crippen LogP contribution in [0.1, 0.15) is 22.6 Å². The first-order valence-corrected chi connectivity index (χ1v) is 10.9. The van der Waals surface area contributed by atoms with Crippen LogP contribution in [0.25, 0.3) is 0 Å². The Bertz CT molecular complexity index is 1170. The van der Waals surface area contributed by atoms with Crippen LogP contribution in [0.2, 0.25) is 0 Å². The molecule has 1 aliphatic rings. The Morgan fingerprint density at radius 1 is 1.00 bits per heavy atom. The molecule has 3 aromatic carbocycles. The lowest BCUT2D eigenvalue weighted by molar-refractivity contribution is -0.384. The van der Waals surface area contributed by atoms with Crippen LogP contribution in [-0.4, -0.2) is 26.0 Å². The van der Waals surface area contributed by atoms with E-state index in [9.17, 15) is 18.5 Å². The topological polar surface area (TPSA) is 98.5 Å². The van der Waals surface area contributed by atoms with E-state index < -0.39 is 21.0 Å². The average molecular weight is 424 g/mol. The van der Waals surface area contributed by atoms with E-state index in [0.717, 1.165) is 22.4 Å². The smallest absolute Gasteiger partial charge is 0.269 e. The minimum absolute atomic E-state index is 0.0328. The molecule has 0 spiro atoms. The zero-order valence-corrected chi connectivity index (χ0v) is 17.0. The van der Waals surface area contributed by atoms with E-state index in [1.165, 1.54) is 24.3 Å². The van der Waals surface area contributed by atoms with Crippen LogP contribution in [0.5, 0.6) is 5.75 Å². The summed E-state index contributed by atoms with van der Waals surface area (Å²) >= 11 is 0. The predicted octanol–water partition coefficient (Wildman–Crippen LogP) is 3.77. The number of nitro groups is 1. The molecule has 0 radical (unpaired) electrons. The van der Waals surface area contributed by atoms with Gasteiger partial charge in [0.2, 0.25) is 10.0 Å². The van der Waals surface area contributed by atoms with Crippen LogP contribution in [0.15, 0.2) is 77.7 Å². The number of non-ortho nitro benzene ring substituents is 1. The Morgan fingerprint density at radius 3 is 2.33 bits per heavy atom. The molecule has 2 atom stereocenters. The number of aryl methyl sites for hydroxylation is 1. The summed E-state index contributed by atoms with van der Waals surface area (Å²) in [7, 11) is -3.91. The lowest BCUT2D eigenvalue weighted by atomic mass is 9.83. The number of nitro benzene ring substituents is 1. The van der Waals surface area contributed by atoms with Gasteiger partial charge in [-0.1, -0.05) is 48.0 Å². The first-order chi connectivity index (χ1) is 14.3. The first-order valence-electron chi connectivity index (χ1n) is 9.40. The van der Waals surface area contributed by atoms with Crippen molar-refractivity contribution in [2.45, 2.75) is 23.8 Å². The molecule has 0 saturated carbocycles. The van der Waals surface area contributed by atoms with Crippen molar-refractivity contribution < 1.29 is 18.1 Å². The van der Waals surface area contributed by atoms with E-state index in [1.807, 2.05) is 55.5 Å². The van der Waals surface area contributed by atoms with Gasteiger partial charge in [-0.15, -0.1) is 0 Å². The van der Waals surface area contributed by atoms with E-state index in [0.29, 0.717) is 0 Å². The molecule has 1 aliphatic heterocycles. The van der Waals surface area contributed by atoms with Crippen molar-refractivity contribution in [3.05, 3.63) is 99.6 Å². The molecule has 154 valence electrons. The maximum absolute atomic E-state index is 13.0. The molecule has 0 saturated heterocycles. The summed E-state index contributed by atoms with van der Waals surface area (Å²) in [6, 6.07) is 19.9. The zero-order valence-electron chi connectivity index (χ0n) is 16.2. The second-order valence-corrected chi connectivity index (χ2v) is 8.93. The van der Waals surface area contributed by atoms with Crippen molar-refractivity contribution in [1.82, 2.24) is 4.72 Å². The molecule has 7 nitrogen and oxygen atoms in total. The van der Waals surface area contributed by atoms with Gasteiger partial charge in [-0.2, -0.15) is 0 Å². The van der Waals surface area contributed by atoms with Crippen molar-refractivity contribution in [2.75, 3.05) is 6.61 Å². The van der Waals surface area contributed by atoms with Crippen molar-refractivity contribution in [3.8, 4) is 5.75 Å². The lowest BCUT2D eigenvalue weighted by Gasteiger charge is -2.34. The molecule has 1 N–H and O–H groups in total. The van der Waals surface area contributed by atoms with Crippen LogP contribution in [0, 0.1) is 17.0 Å². The normalized spacial score (nSPS) is 18.3. The van der Waals surface area contributed by atoms with Gasteiger partial charge in [0.25, 0.3) is 5.69 Å². The van der Waals surface area contributed by atoms with Crippen LogP contribution >= 0.6 is 0 Å². The Labute approximate surface area is 174 Å². The average Bonchev–Trinajstić information content (AvgIpc) is 2.74. The van der Waals surface area contributed by atoms with E-state index in [2.05, 4.69) is 4.72 Å². The number of ether oxygens (including phenoxy) is 1. The molecule has 4 rings (SSSR count). The lowest BCUT2D eigenvalue weighted by Crippen LogP contribution is -2.45. The number of benzene rings is 3. The number of fused-ring (bicyclic) bond motifs is 1. The molecule has 30 heavy (non-hydrogen) atoms. The monoisotopic (exact) mass is 424 g/mol. The van der Waals surface area contributed by atoms with Crippen LogP contribution in [0.3, 0.4) is 0 Å². The fraction of sp³-hybridized carbons (Fsp3) is 0.182. The number of para-hydroxylation sites is 1. The fourth-order valence-electron chi connectivity index (χ4n) is 3.66. The molecule has 1 heterocycles. The number of rotatable bonds is 5. The van der Waals surface area contributed by atoms with Gasteiger partial charge >= 0.3 is 0 Å². The maximum atomic E-state index is 13.0. The largest absolute Gasteiger partial charge is 0.492 e. The second-order valence-electron chi connectivity index (χ2n) is 7.22. The van der Waals surface area contributed by atoms with E-state index in [1.54, 1.807) is 0 Å². The molecule has 0 unspecified atom stereocenters. The third kappa shape index (κ3) is 3.92. The highest BCUT2D eigenvalue weighted by Crippen LogP contribution is 2.38. The number of hydrogen-bond donors (Lipinski definition) is 1. The summed E-state index contributed by atoms with van der Waals surface area (Å²) in [5, 5.41) is 10.8. The number of hydrogen-bond acceptors (Lipinski definition) is 5. The Hall–Kier alpha value is -3.23. The van der Waals surface area contributed by atoms with Gasteiger partial charge < -0.3 is 4.74 Å². The third-order valence-electron chi connectivity index (χ3n) is 5.18. The first kappa shape index (κ1) is 20.1. The van der Waals surface area contributed by atoms with E-state index >= 15 is 0 Å². The van der Waals surface area contributed by atoms with Crippen molar-refractivity contribution >= 4 is 15.7 Å². The predicted molar refractivity (Wildman–Crippen MR) is 112 cm³/mol. The molecule has 0 bridgehead atoms. The van der Waals surface area contributed by atoms with Crippen LogP contribution in [-0.2, 0) is 10.0 Å². The summed E-state index contributed by atoms with van der Waals surface area (Å²) in [5.74, 6) is 0.497. The fourth-order valence-corrected chi connectivity index (χ4v) is 4.90. The van der Waals surface area contributed by atoms with Gasteiger partial charge in [0, 0.05) is 23.6 Å². The van der Waals surface area contributed by atoms with Gasteiger partial charge in [0.15, 0.2) is 0 Å². The Morgan fingerprint density at radius 2 is 1.67 bits per heavy atom. The Balaban J connectivity index is 1.69. The van der Waals surface area contributed by atoms with Crippen molar-refractivity contribution in [3.63, 3.8) is 0 Å². The van der Waals surface area contributed by atoms with Gasteiger partial charge in [-0.25, -0.2) is 13.1 Å². The van der Waals surface area contributed by atoms with Crippen molar-refractivity contribution in [2.24, 2.45) is 0 Å². The third-order valence-corrected chi connectivity index (χ3v) is 6.68. The SMILES string of the molecule is Cc1ccc([C@@H]2c3ccccc3OC[C@H]2NS(=O)(=O)c2ccc([N+](=O)[O-])cc2)cc1. The molecule has 0 fully saturated rings. The number of nitrogens with zero attached hydrogens (tertiary/aromatic N) is 1. The quantitative estimate of drug-likeness (QED) is 0.496. The molecule has 0 aromatic heterocycles. The van der Waals surface area contributed by atoms with Gasteiger partial charge in [-0.3, -0.25) is 10.1 Å². The zero-order chi connectivity index (χ0) is 21.3. The Kier molecular flexibility index (Phi) is 5.27. The second kappa shape index (κ2) is 7.89. The highest BCUT2D eigenvalue weighted by Gasteiger charge is 2.35. The summed E-state index contributed by atoms with van der Waals surface area (Å²) < 4.78 is 34.5. The van der Waals surface area contributed by atoms with Crippen LogP contribution in [0.4, 0.5) is 5.69 Å². The molecule has 0 aliphatic carbocycles. The molecular weight excluding hydrogens is 404 g/mol. The number of nitrogens with one attached hydrogen (secondary N) is 1. The summed E-state index contributed by atoms with van der Waals surface area (Å²) in [6.45, 7) is 2.16. The molecule has 8 heteroatoms. The minimum Gasteiger partial charge on any atom is -0.492 e. The van der Waals surface area contributed by atoms with Gasteiger partial charge in [0.05, 0.1) is 15.9 Å². The van der Waals surface area contributed by atoms with Crippen molar-refractivity contribution in [1.29, 1.82) is 0 Å².